The van der Waals surface area contributed by atoms with Crippen molar-refractivity contribution in [2.24, 2.45) is 5.92 Å². The van der Waals surface area contributed by atoms with Gasteiger partial charge in [-0.3, -0.25) is 0 Å². The van der Waals surface area contributed by atoms with E-state index in [1.807, 2.05) is 4.68 Å². The average Bonchev–Trinajstić information content (AvgIpc) is 3.24. The Kier molecular flexibility index (Phi) is 7.11. The average molecular weight is 516 g/mol. The maximum absolute atomic E-state index is 12.0. The Morgan fingerprint density at radius 1 is 1.17 bits per heavy atom. The van der Waals surface area contributed by atoms with Gasteiger partial charge in [0.1, 0.15) is 5.75 Å². The number of nitrogens with zero attached hydrogens (tertiary/aromatic N) is 5. The summed E-state index contributed by atoms with van der Waals surface area (Å²) in [5, 5.41) is 8.76. The molecule has 1 aliphatic carbocycles. The normalized spacial score (nSPS) is 20.2. The van der Waals surface area contributed by atoms with Crippen molar-refractivity contribution in [1.82, 2.24) is 29.4 Å². The summed E-state index contributed by atoms with van der Waals surface area (Å²) in [5.74, 6) is 1.49. The van der Waals surface area contributed by atoms with Crippen LogP contribution in [0.2, 0.25) is 0 Å². The molecule has 12 heteroatoms. The Morgan fingerprint density at radius 3 is 2.78 bits per heavy atom. The molecule has 1 fully saturated rings. The topological polar surface area (TPSA) is 124 Å². The van der Waals surface area contributed by atoms with E-state index in [2.05, 4.69) is 44.2 Å². The van der Waals surface area contributed by atoms with Crippen LogP contribution in [0.15, 0.2) is 24.5 Å². The standard InChI is InChI=1S/C24H33N7O4S/c1-30-5-4-17-11-22(35-3)21(10-18(17)15-30)28-24-25-13-19-14-26-31(23(19)29-24)20-8-16(9-20)12-27-36(32,33)7-6-34-2/h10-11,13-14,16,20,27H,4-9,12,15H2,1-3H3,(H,25,28,29). The molecule has 0 unspecified atom stereocenters. The summed E-state index contributed by atoms with van der Waals surface area (Å²) < 4.78 is 39.1. The fourth-order valence-corrected chi connectivity index (χ4v) is 5.88. The van der Waals surface area contributed by atoms with Crippen molar-refractivity contribution in [3.8, 4) is 5.75 Å². The Hall–Kier alpha value is -2.80. The summed E-state index contributed by atoms with van der Waals surface area (Å²) >= 11 is 0. The minimum absolute atomic E-state index is 0.0259. The molecular weight excluding hydrogens is 482 g/mol. The summed E-state index contributed by atoms with van der Waals surface area (Å²) in [6.07, 6.45) is 6.22. The Bertz CT molecular complexity index is 1340. The van der Waals surface area contributed by atoms with Crippen molar-refractivity contribution in [2.45, 2.75) is 31.8 Å². The van der Waals surface area contributed by atoms with Crippen LogP contribution in [0.25, 0.3) is 11.0 Å². The number of ether oxygens (including phenoxy) is 2. The molecule has 36 heavy (non-hydrogen) atoms. The highest BCUT2D eigenvalue weighted by molar-refractivity contribution is 7.89. The Labute approximate surface area is 211 Å². The SMILES string of the molecule is COCCS(=O)(=O)NCC1CC(n2ncc3cnc(Nc4cc5c(cc4OC)CCN(C)C5)nc32)C1. The van der Waals surface area contributed by atoms with Crippen LogP contribution in [0.3, 0.4) is 0 Å². The summed E-state index contributed by atoms with van der Waals surface area (Å²) in [6.45, 7) is 2.55. The number of nitrogens with one attached hydrogen (secondary N) is 2. The van der Waals surface area contributed by atoms with Gasteiger partial charge >= 0.3 is 0 Å². The van der Waals surface area contributed by atoms with Crippen molar-refractivity contribution in [1.29, 1.82) is 0 Å². The van der Waals surface area contributed by atoms with E-state index in [-0.39, 0.29) is 24.3 Å². The molecule has 1 saturated carbocycles. The highest BCUT2D eigenvalue weighted by Gasteiger charge is 2.33. The predicted molar refractivity (Wildman–Crippen MR) is 137 cm³/mol. The van der Waals surface area contributed by atoms with E-state index in [4.69, 9.17) is 14.5 Å². The largest absolute Gasteiger partial charge is 0.495 e. The molecule has 0 saturated heterocycles. The van der Waals surface area contributed by atoms with E-state index in [0.29, 0.717) is 12.5 Å². The maximum Gasteiger partial charge on any atom is 0.229 e. The van der Waals surface area contributed by atoms with Gasteiger partial charge in [0.05, 0.1) is 42.8 Å². The first-order valence-corrected chi connectivity index (χ1v) is 13.8. The molecular formula is C24H33N7O4S. The van der Waals surface area contributed by atoms with Gasteiger partial charge in [0, 0.05) is 32.9 Å². The van der Waals surface area contributed by atoms with Crippen molar-refractivity contribution in [2.75, 3.05) is 52.0 Å². The summed E-state index contributed by atoms with van der Waals surface area (Å²) in [4.78, 5) is 11.6. The number of hydrogen-bond acceptors (Lipinski definition) is 9. The van der Waals surface area contributed by atoms with Gasteiger partial charge in [0.2, 0.25) is 16.0 Å². The zero-order valence-corrected chi connectivity index (χ0v) is 21.7. The summed E-state index contributed by atoms with van der Waals surface area (Å²) in [6, 6.07) is 4.40. The van der Waals surface area contributed by atoms with Gasteiger partial charge in [-0.1, -0.05) is 0 Å². The van der Waals surface area contributed by atoms with Gasteiger partial charge < -0.3 is 19.7 Å². The molecule has 3 aromatic rings. The van der Waals surface area contributed by atoms with Crippen LogP contribution in [0, 0.1) is 5.92 Å². The molecule has 0 radical (unpaired) electrons. The van der Waals surface area contributed by atoms with Crippen LogP contribution in [-0.2, 0) is 27.7 Å². The van der Waals surface area contributed by atoms with E-state index in [1.54, 1.807) is 19.5 Å². The molecule has 0 bridgehead atoms. The third kappa shape index (κ3) is 5.31. The van der Waals surface area contributed by atoms with Gasteiger partial charge in [-0.05, 0) is 55.5 Å². The fourth-order valence-electron chi connectivity index (χ4n) is 4.85. The van der Waals surface area contributed by atoms with Crippen LogP contribution < -0.4 is 14.8 Å². The number of likely N-dealkylation sites (N-methyl/N-ethyl adjacent to an activating group) is 1. The number of methoxy groups -OCH3 is 2. The van der Waals surface area contributed by atoms with E-state index in [9.17, 15) is 8.42 Å². The number of benzene rings is 1. The minimum atomic E-state index is -3.31. The number of hydrogen-bond donors (Lipinski definition) is 2. The quantitative estimate of drug-likeness (QED) is 0.418. The van der Waals surface area contributed by atoms with Crippen molar-refractivity contribution in [3.63, 3.8) is 0 Å². The summed E-state index contributed by atoms with van der Waals surface area (Å²) in [7, 11) is 1.98. The maximum atomic E-state index is 12.0. The first-order chi connectivity index (χ1) is 17.3. The smallest absolute Gasteiger partial charge is 0.229 e. The molecule has 0 spiro atoms. The lowest BCUT2D eigenvalue weighted by atomic mass is 9.80. The molecule has 0 amide bonds. The van der Waals surface area contributed by atoms with E-state index in [0.717, 1.165) is 54.8 Å². The van der Waals surface area contributed by atoms with Gasteiger partial charge in [-0.25, -0.2) is 22.8 Å². The number of aromatic nitrogens is 4. The van der Waals surface area contributed by atoms with E-state index >= 15 is 0 Å². The second kappa shape index (κ2) is 10.3. The second-order valence-corrected chi connectivity index (χ2v) is 11.6. The molecule has 2 aliphatic rings. The summed E-state index contributed by atoms with van der Waals surface area (Å²) in [5.41, 5.74) is 4.18. The van der Waals surface area contributed by atoms with Gasteiger partial charge in [0.15, 0.2) is 5.65 Å². The highest BCUT2D eigenvalue weighted by Crippen LogP contribution is 2.39. The lowest BCUT2D eigenvalue weighted by molar-refractivity contribution is 0.189. The molecule has 11 nitrogen and oxygen atoms in total. The molecule has 2 aromatic heterocycles. The number of anilines is 2. The van der Waals surface area contributed by atoms with Crippen LogP contribution in [-0.4, -0.2) is 79.8 Å². The molecule has 194 valence electrons. The van der Waals surface area contributed by atoms with Crippen LogP contribution in [0.5, 0.6) is 5.75 Å². The molecule has 1 aromatic carbocycles. The van der Waals surface area contributed by atoms with Crippen molar-refractivity contribution in [3.05, 3.63) is 35.7 Å². The molecule has 2 N–H and O–H groups in total. The van der Waals surface area contributed by atoms with Gasteiger partial charge in [-0.2, -0.15) is 10.1 Å². The fraction of sp³-hybridized carbons (Fsp3) is 0.542. The number of sulfonamides is 1. The lowest BCUT2D eigenvalue weighted by Crippen LogP contribution is -2.38. The monoisotopic (exact) mass is 515 g/mol. The zero-order chi connectivity index (χ0) is 25.3. The lowest BCUT2D eigenvalue weighted by Gasteiger charge is -2.35. The zero-order valence-electron chi connectivity index (χ0n) is 20.9. The Morgan fingerprint density at radius 2 is 2.00 bits per heavy atom. The van der Waals surface area contributed by atoms with E-state index in [1.165, 1.54) is 18.2 Å². The van der Waals surface area contributed by atoms with Crippen molar-refractivity contribution < 1.29 is 17.9 Å². The Balaban J connectivity index is 1.28. The van der Waals surface area contributed by atoms with Gasteiger partial charge in [-0.15, -0.1) is 0 Å². The number of fused-ring (bicyclic) bond motifs is 2. The first-order valence-electron chi connectivity index (χ1n) is 12.2. The molecule has 1 aliphatic heterocycles. The van der Waals surface area contributed by atoms with Crippen LogP contribution >= 0.6 is 0 Å². The van der Waals surface area contributed by atoms with Crippen LogP contribution in [0.4, 0.5) is 11.6 Å². The minimum Gasteiger partial charge on any atom is -0.495 e. The second-order valence-electron chi connectivity index (χ2n) is 9.65. The third-order valence-corrected chi connectivity index (χ3v) is 8.32. The molecule has 3 heterocycles. The van der Waals surface area contributed by atoms with Crippen LogP contribution in [0.1, 0.15) is 30.0 Å². The van der Waals surface area contributed by atoms with Crippen molar-refractivity contribution >= 4 is 32.7 Å². The van der Waals surface area contributed by atoms with Gasteiger partial charge in [0.25, 0.3) is 0 Å². The predicted octanol–water partition coefficient (Wildman–Crippen LogP) is 2.08. The highest BCUT2D eigenvalue weighted by atomic mass is 32.2. The molecule has 5 rings (SSSR count). The van der Waals surface area contributed by atoms with E-state index < -0.39 is 10.0 Å². The first kappa shape index (κ1) is 24.9. The third-order valence-electron chi connectivity index (χ3n) is 7.01. The molecule has 0 atom stereocenters. The number of rotatable bonds is 10.